The maximum absolute atomic E-state index is 10.00. The number of hydrogen-bond donors (Lipinski definition) is 1. The summed E-state index contributed by atoms with van der Waals surface area (Å²) in [6, 6.07) is 6.51. The van der Waals surface area contributed by atoms with Gasteiger partial charge in [-0.1, -0.05) is 37.5 Å². The highest BCUT2D eigenvalue weighted by Gasteiger charge is 2.20. The van der Waals surface area contributed by atoms with Crippen molar-refractivity contribution in [3.8, 4) is 0 Å². The van der Waals surface area contributed by atoms with Crippen LogP contribution in [-0.4, -0.2) is 11.2 Å². The highest BCUT2D eigenvalue weighted by molar-refractivity contribution is 5.30. The van der Waals surface area contributed by atoms with Crippen LogP contribution in [0.3, 0.4) is 0 Å². The van der Waals surface area contributed by atoms with Crippen LogP contribution in [-0.2, 0) is 6.42 Å². The van der Waals surface area contributed by atoms with E-state index in [1.54, 1.807) is 0 Å². The molecule has 1 saturated carbocycles. The smallest absolute Gasteiger partial charge is 0.0583 e. The molecule has 0 radical (unpaired) electrons. The molecular formula is C15H22O. The zero-order valence-electron chi connectivity index (χ0n) is 10.4. The molecule has 1 nitrogen and oxygen atoms in total. The molecule has 0 spiro atoms. The monoisotopic (exact) mass is 218 g/mol. The Balaban J connectivity index is 1.89. The zero-order chi connectivity index (χ0) is 11.5. The lowest BCUT2D eigenvalue weighted by atomic mass is 9.80. The fraction of sp³-hybridized carbons (Fsp3) is 0.600. The van der Waals surface area contributed by atoms with E-state index in [4.69, 9.17) is 0 Å². The van der Waals surface area contributed by atoms with E-state index in [1.165, 1.54) is 36.0 Å². The minimum absolute atomic E-state index is 0.146. The van der Waals surface area contributed by atoms with Crippen LogP contribution < -0.4 is 0 Å². The number of hydrogen-bond acceptors (Lipinski definition) is 1. The molecule has 0 bridgehead atoms. The highest BCUT2D eigenvalue weighted by atomic mass is 16.3. The predicted molar refractivity (Wildman–Crippen MR) is 67.6 cm³/mol. The summed E-state index contributed by atoms with van der Waals surface area (Å²) in [5.74, 6) is 0.793. The molecule has 1 N–H and O–H groups in total. The second-order valence-corrected chi connectivity index (χ2v) is 5.31. The van der Waals surface area contributed by atoms with Crippen molar-refractivity contribution >= 4 is 0 Å². The molecule has 0 amide bonds. The van der Waals surface area contributed by atoms with E-state index in [2.05, 4.69) is 32.0 Å². The largest absolute Gasteiger partial charge is 0.393 e. The molecule has 0 saturated heterocycles. The molecule has 1 aromatic rings. The molecule has 1 aliphatic rings. The van der Waals surface area contributed by atoms with Crippen LogP contribution in [0, 0.1) is 19.8 Å². The predicted octanol–water partition coefficient (Wildman–Crippen LogP) is 3.40. The van der Waals surface area contributed by atoms with Crippen molar-refractivity contribution in [2.45, 2.75) is 52.1 Å². The molecular weight excluding hydrogens is 196 g/mol. The van der Waals surface area contributed by atoms with E-state index >= 15 is 0 Å². The van der Waals surface area contributed by atoms with Crippen LogP contribution in [0.2, 0.25) is 0 Å². The summed E-state index contributed by atoms with van der Waals surface area (Å²) in [5.41, 5.74) is 3.93. The lowest BCUT2D eigenvalue weighted by Gasteiger charge is -2.27. The Labute approximate surface area is 98.5 Å². The van der Waals surface area contributed by atoms with Crippen molar-refractivity contribution < 1.29 is 5.11 Å². The van der Waals surface area contributed by atoms with E-state index < -0.39 is 0 Å². The summed E-state index contributed by atoms with van der Waals surface area (Å²) < 4.78 is 0. The lowest BCUT2D eigenvalue weighted by molar-refractivity contribution is 0.118. The molecule has 0 aromatic heterocycles. The first-order valence-corrected chi connectivity index (χ1v) is 6.39. The number of benzene rings is 1. The summed E-state index contributed by atoms with van der Waals surface area (Å²) in [4.78, 5) is 0. The van der Waals surface area contributed by atoms with Crippen molar-refractivity contribution in [1.82, 2.24) is 0 Å². The Hall–Kier alpha value is -0.820. The topological polar surface area (TPSA) is 20.2 Å². The van der Waals surface area contributed by atoms with Crippen LogP contribution in [0.15, 0.2) is 18.2 Å². The second-order valence-electron chi connectivity index (χ2n) is 5.31. The lowest BCUT2D eigenvalue weighted by Crippen LogP contribution is -2.20. The minimum atomic E-state index is -0.146. The van der Waals surface area contributed by atoms with Gasteiger partial charge in [0, 0.05) is 0 Å². The highest BCUT2D eigenvalue weighted by Crippen LogP contribution is 2.31. The number of rotatable bonds is 4. The first-order valence-electron chi connectivity index (χ1n) is 6.39. The van der Waals surface area contributed by atoms with Crippen molar-refractivity contribution in [2.24, 2.45) is 5.92 Å². The summed E-state index contributed by atoms with van der Waals surface area (Å²) in [6.45, 7) is 4.26. The van der Waals surface area contributed by atoms with Gasteiger partial charge in [-0.3, -0.25) is 0 Å². The van der Waals surface area contributed by atoms with Crippen LogP contribution in [0.25, 0.3) is 0 Å². The van der Waals surface area contributed by atoms with Gasteiger partial charge < -0.3 is 5.11 Å². The van der Waals surface area contributed by atoms with E-state index in [9.17, 15) is 5.11 Å². The second kappa shape index (κ2) is 5.01. The van der Waals surface area contributed by atoms with Gasteiger partial charge in [-0.25, -0.2) is 0 Å². The third-order valence-electron chi connectivity index (χ3n) is 3.87. The molecule has 1 unspecified atom stereocenters. The summed E-state index contributed by atoms with van der Waals surface area (Å²) >= 11 is 0. The first-order chi connectivity index (χ1) is 7.65. The standard InChI is InChI=1S/C15H22O/c1-11-6-7-14(8-12(11)2)10-15(16)9-13-4-3-5-13/h6-8,13,15-16H,3-5,9-10H2,1-2H3. The normalized spacial score (nSPS) is 18.2. The molecule has 1 heteroatoms. The summed E-state index contributed by atoms with van der Waals surface area (Å²) in [5, 5.41) is 10.00. The fourth-order valence-electron chi connectivity index (χ4n) is 2.40. The van der Waals surface area contributed by atoms with Crippen LogP contribution in [0.4, 0.5) is 0 Å². The quantitative estimate of drug-likeness (QED) is 0.821. The third-order valence-corrected chi connectivity index (χ3v) is 3.87. The average molecular weight is 218 g/mol. The van der Waals surface area contributed by atoms with Gasteiger partial charge in [0.25, 0.3) is 0 Å². The van der Waals surface area contributed by atoms with E-state index in [0.717, 1.165) is 18.8 Å². The van der Waals surface area contributed by atoms with Gasteiger partial charge in [0.1, 0.15) is 0 Å². The Morgan fingerprint density at radius 3 is 2.56 bits per heavy atom. The zero-order valence-corrected chi connectivity index (χ0v) is 10.4. The summed E-state index contributed by atoms with van der Waals surface area (Å²) in [6.07, 6.45) is 5.67. The molecule has 0 aliphatic heterocycles. The summed E-state index contributed by atoms with van der Waals surface area (Å²) in [7, 11) is 0. The fourth-order valence-corrected chi connectivity index (χ4v) is 2.40. The van der Waals surface area contributed by atoms with Gasteiger partial charge in [-0.15, -0.1) is 0 Å². The molecule has 1 aromatic carbocycles. The van der Waals surface area contributed by atoms with Crippen molar-refractivity contribution in [2.75, 3.05) is 0 Å². The van der Waals surface area contributed by atoms with Gasteiger partial charge >= 0.3 is 0 Å². The third kappa shape index (κ3) is 2.85. The van der Waals surface area contributed by atoms with Gasteiger partial charge in [0.2, 0.25) is 0 Å². The van der Waals surface area contributed by atoms with Gasteiger partial charge in [-0.2, -0.15) is 0 Å². The number of aryl methyl sites for hydroxylation is 2. The Bertz CT molecular complexity index is 352. The molecule has 1 fully saturated rings. The molecule has 88 valence electrons. The average Bonchev–Trinajstić information content (AvgIpc) is 2.18. The molecule has 2 rings (SSSR count). The van der Waals surface area contributed by atoms with Crippen molar-refractivity contribution in [3.05, 3.63) is 34.9 Å². The van der Waals surface area contributed by atoms with Crippen molar-refractivity contribution in [1.29, 1.82) is 0 Å². The Kier molecular flexibility index (Phi) is 3.65. The maximum atomic E-state index is 10.00. The SMILES string of the molecule is Cc1ccc(CC(O)CC2CCC2)cc1C. The minimum Gasteiger partial charge on any atom is -0.393 e. The molecule has 16 heavy (non-hydrogen) atoms. The van der Waals surface area contributed by atoms with E-state index in [0.29, 0.717) is 0 Å². The van der Waals surface area contributed by atoms with Crippen LogP contribution in [0.1, 0.15) is 42.4 Å². The van der Waals surface area contributed by atoms with Crippen molar-refractivity contribution in [3.63, 3.8) is 0 Å². The first kappa shape index (κ1) is 11.7. The van der Waals surface area contributed by atoms with Crippen LogP contribution >= 0.6 is 0 Å². The Morgan fingerprint density at radius 2 is 2.00 bits per heavy atom. The van der Waals surface area contributed by atoms with E-state index in [-0.39, 0.29) is 6.10 Å². The Morgan fingerprint density at radius 1 is 1.25 bits per heavy atom. The molecule has 1 atom stereocenters. The van der Waals surface area contributed by atoms with Gasteiger partial charge in [0.15, 0.2) is 0 Å². The van der Waals surface area contributed by atoms with Gasteiger partial charge in [-0.05, 0) is 49.3 Å². The maximum Gasteiger partial charge on any atom is 0.0583 e. The number of aliphatic hydroxyl groups excluding tert-OH is 1. The number of aliphatic hydroxyl groups is 1. The molecule has 1 aliphatic carbocycles. The van der Waals surface area contributed by atoms with Crippen LogP contribution in [0.5, 0.6) is 0 Å². The molecule has 0 heterocycles. The van der Waals surface area contributed by atoms with Gasteiger partial charge in [0.05, 0.1) is 6.10 Å². The van der Waals surface area contributed by atoms with E-state index in [1.807, 2.05) is 0 Å².